The van der Waals surface area contributed by atoms with Gasteiger partial charge in [0.1, 0.15) is 5.65 Å². The Kier molecular flexibility index (Phi) is 2.67. The molecule has 0 amide bonds. The van der Waals surface area contributed by atoms with Gasteiger partial charge in [0.2, 0.25) is 0 Å². The minimum Gasteiger partial charge on any atom is -0.481 e. The molecule has 2 heterocycles. The normalized spacial score (nSPS) is 10.7. The fourth-order valence-electron chi connectivity index (χ4n) is 1.58. The molecule has 4 nitrogen and oxygen atoms in total. The highest BCUT2D eigenvalue weighted by molar-refractivity contribution is 5.76. The van der Waals surface area contributed by atoms with Gasteiger partial charge < -0.3 is 10.1 Å². The van der Waals surface area contributed by atoms with Crippen molar-refractivity contribution in [3.63, 3.8) is 0 Å². The third-order valence-corrected chi connectivity index (χ3v) is 2.28. The number of rotatable bonds is 4. The van der Waals surface area contributed by atoms with Crippen molar-refractivity contribution >= 4 is 17.0 Å². The number of carboxylic acid groups (broad SMARTS) is 1. The molecule has 2 N–H and O–H groups in total. The lowest BCUT2D eigenvalue weighted by atomic mass is 10.2. The maximum absolute atomic E-state index is 10.3. The van der Waals surface area contributed by atoms with Gasteiger partial charge >= 0.3 is 5.97 Å². The van der Waals surface area contributed by atoms with Gasteiger partial charge in [-0.3, -0.25) is 4.79 Å². The van der Waals surface area contributed by atoms with E-state index in [0.29, 0.717) is 6.42 Å². The second-order valence-electron chi connectivity index (χ2n) is 3.48. The van der Waals surface area contributed by atoms with Crippen LogP contribution in [0.2, 0.25) is 0 Å². The third kappa shape index (κ3) is 2.34. The number of aliphatic carboxylic acids is 1. The molecule has 0 unspecified atom stereocenters. The van der Waals surface area contributed by atoms with Crippen molar-refractivity contribution in [1.82, 2.24) is 9.97 Å². The van der Waals surface area contributed by atoms with E-state index in [1.165, 1.54) is 0 Å². The molecule has 0 aliphatic heterocycles. The zero-order valence-corrected chi connectivity index (χ0v) is 8.23. The molecule has 0 fully saturated rings. The summed E-state index contributed by atoms with van der Waals surface area (Å²) in [7, 11) is 0. The summed E-state index contributed by atoms with van der Waals surface area (Å²) in [6.45, 7) is 0. The van der Waals surface area contributed by atoms with Crippen LogP contribution in [0.4, 0.5) is 0 Å². The lowest BCUT2D eigenvalue weighted by Gasteiger charge is -1.93. The van der Waals surface area contributed by atoms with E-state index >= 15 is 0 Å². The Hall–Kier alpha value is -1.84. The molecule has 0 saturated carbocycles. The summed E-state index contributed by atoms with van der Waals surface area (Å²) in [5, 5.41) is 9.58. The van der Waals surface area contributed by atoms with Gasteiger partial charge in [0.15, 0.2) is 0 Å². The van der Waals surface area contributed by atoms with Crippen LogP contribution < -0.4 is 0 Å². The van der Waals surface area contributed by atoms with E-state index in [0.717, 1.165) is 23.1 Å². The first-order valence-corrected chi connectivity index (χ1v) is 4.90. The number of aromatic amines is 1. The monoisotopic (exact) mass is 204 g/mol. The quantitative estimate of drug-likeness (QED) is 0.800. The molecule has 2 aromatic rings. The van der Waals surface area contributed by atoms with Crippen LogP contribution in [0.15, 0.2) is 24.4 Å². The number of hydrogen-bond donors (Lipinski definition) is 2. The summed E-state index contributed by atoms with van der Waals surface area (Å²) in [6.07, 6.45) is 3.35. The van der Waals surface area contributed by atoms with E-state index in [1.54, 1.807) is 6.20 Å². The topological polar surface area (TPSA) is 66.0 Å². The number of fused-ring (bicyclic) bond motifs is 1. The fraction of sp³-hybridized carbons (Fsp3) is 0.273. The highest BCUT2D eigenvalue weighted by Crippen LogP contribution is 2.13. The summed E-state index contributed by atoms with van der Waals surface area (Å²) in [6, 6.07) is 5.89. The Morgan fingerprint density at radius 3 is 3.13 bits per heavy atom. The van der Waals surface area contributed by atoms with Gasteiger partial charge in [-0.2, -0.15) is 0 Å². The first kappa shape index (κ1) is 9.71. The van der Waals surface area contributed by atoms with Crippen LogP contribution in [0, 0.1) is 0 Å². The van der Waals surface area contributed by atoms with E-state index in [4.69, 9.17) is 5.11 Å². The molecular weight excluding hydrogens is 192 g/mol. The van der Waals surface area contributed by atoms with Gasteiger partial charge in [0.05, 0.1) is 0 Å². The molecule has 2 aromatic heterocycles. The van der Waals surface area contributed by atoms with E-state index in [-0.39, 0.29) is 6.42 Å². The zero-order chi connectivity index (χ0) is 10.7. The molecule has 0 saturated heterocycles. The van der Waals surface area contributed by atoms with Crippen LogP contribution in [0.25, 0.3) is 11.0 Å². The van der Waals surface area contributed by atoms with E-state index < -0.39 is 5.97 Å². The molecule has 0 spiro atoms. The number of aromatic nitrogens is 2. The van der Waals surface area contributed by atoms with Crippen molar-refractivity contribution in [2.45, 2.75) is 19.3 Å². The lowest BCUT2D eigenvalue weighted by molar-refractivity contribution is -0.137. The standard InChI is InChI=1S/C11H12N2O2/c14-10(15)5-1-4-9-7-8-3-2-6-12-11(8)13-9/h2-3,6-7H,1,4-5H2,(H,12,13)(H,14,15). The van der Waals surface area contributed by atoms with E-state index in [9.17, 15) is 4.79 Å². The number of nitrogens with zero attached hydrogens (tertiary/aromatic N) is 1. The molecule has 0 aliphatic rings. The predicted octanol–water partition coefficient (Wildman–Crippen LogP) is 1.97. The first-order chi connectivity index (χ1) is 7.25. The second-order valence-corrected chi connectivity index (χ2v) is 3.48. The highest BCUT2D eigenvalue weighted by atomic mass is 16.4. The minimum atomic E-state index is -0.746. The van der Waals surface area contributed by atoms with Crippen molar-refractivity contribution in [2.24, 2.45) is 0 Å². The smallest absolute Gasteiger partial charge is 0.303 e. The molecule has 0 radical (unpaired) electrons. The average molecular weight is 204 g/mol. The van der Waals surface area contributed by atoms with Gasteiger partial charge in [-0.25, -0.2) is 4.98 Å². The predicted molar refractivity (Wildman–Crippen MR) is 56.7 cm³/mol. The van der Waals surface area contributed by atoms with Crippen LogP contribution >= 0.6 is 0 Å². The summed E-state index contributed by atoms with van der Waals surface area (Å²) in [5.74, 6) is -0.746. The zero-order valence-electron chi connectivity index (χ0n) is 8.23. The fourth-order valence-corrected chi connectivity index (χ4v) is 1.58. The van der Waals surface area contributed by atoms with Gasteiger partial charge in [-0.05, 0) is 31.0 Å². The number of aryl methyl sites for hydroxylation is 1. The van der Waals surface area contributed by atoms with Crippen LogP contribution in [0.3, 0.4) is 0 Å². The molecule has 4 heteroatoms. The minimum absolute atomic E-state index is 0.211. The first-order valence-electron chi connectivity index (χ1n) is 4.90. The molecule has 15 heavy (non-hydrogen) atoms. The maximum Gasteiger partial charge on any atom is 0.303 e. The molecule has 2 rings (SSSR count). The summed E-state index contributed by atoms with van der Waals surface area (Å²) >= 11 is 0. The Bertz CT molecular complexity index is 443. The second kappa shape index (κ2) is 4.13. The summed E-state index contributed by atoms with van der Waals surface area (Å²) in [5.41, 5.74) is 1.91. The highest BCUT2D eigenvalue weighted by Gasteiger charge is 2.02. The molecule has 0 aromatic carbocycles. The molecule has 0 atom stereocenters. The molecular formula is C11H12N2O2. The van der Waals surface area contributed by atoms with Crippen LogP contribution in [-0.2, 0) is 11.2 Å². The number of H-pyrrole nitrogens is 1. The van der Waals surface area contributed by atoms with Gasteiger partial charge in [-0.1, -0.05) is 0 Å². The summed E-state index contributed by atoms with van der Waals surface area (Å²) in [4.78, 5) is 17.7. The number of hydrogen-bond acceptors (Lipinski definition) is 2. The lowest BCUT2D eigenvalue weighted by Crippen LogP contribution is -1.95. The number of pyridine rings is 1. The van der Waals surface area contributed by atoms with Crippen LogP contribution in [-0.4, -0.2) is 21.0 Å². The van der Waals surface area contributed by atoms with Crippen molar-refractivity contribution in [3.8, 4) is 0 Å². The van der Waals surface area contributed by atoms with Crippen molar-refractivity contribution < 1.29 is 9.90 Å². The largest absolute Gasteiger partial charge is 0.481 e. The van der Waals surface area contributed by atoms with Crippen molar-refractivity contribution in [2.75, 3.05) is 0 Å². The van der Waals surface area contributed by atoms with E-state index in [2.05, 4.69) is 9.97 Å². The van der Waals surface area contributed by atoms with Crippen molar-refractivity contribution in [1.29, 1.82) is 0 Å². The SMILES string of the molecule is O=C(O)CCCc1cc2cccnc2[nH]1. The molecule has 0 aliphatic carbocycles. The summed E-state index contributed by atoms with van der Waals surface area (Å²) < 4.78 is 0. The van der Waals surface area contributed by atoms with Gasteiger partial charge in [0.25, 0.3) is 0 Å². The maximum atomic E-state index is 10.3. The Labute approximate surface area is 87.0 Å². The van der Waals surface area contributed by atoms with Gasteiger partial charge in [0, 0.05) is 23.7 Å². The van der Waals surface area contributed by atoms with Crippen molar-refractivity contribution in [3.05, 3.63) is 30.1 Å². The van der Waals surface area contributed by atoms with Crippen LogP contribution in [0.1, 0.15) is 18.5 Å². The Morgan fingerprint density at radius 1 is 1.53 bits per heavy atom. The Morgan fingerprint density at radius 2 is 2.40 bits per heavy atom. The average Bonchev–Trinajstić information content (AvgIpc) is 2.59. The van der Waals surface area contributed by atoms with Crippen LogP contribution in [0.5, 0.6) is 0 Å². The number of nitrogens with one attached hydrogen (secondary N) is 1. The van der Waals surface area contributed by atoms with E-state index in [1.807, 2.05) is 18.2 Å². The number of carboxylic acids is 1. The van der Waals surface area contributed by atoms with Gasteiger partial charge in [-0.15, -0.1) is 0 Å². The number of carbonyl (C=O) groups is 1. The molecule has 78 valence electrons. The Balaban J connectivity index is 2.05. The third-order valence-electron chi connectivity index (χ3n) is 2.28. The molecule has 0 bridgehead atoms.